The van der Waals surface area contributed by atoms with Crippen molar-refractivity contribution in [3.8, 4) is 11.6 Å². The highest BCUT2D eigenvalue weighted by molar-refractivity contribution is 6.30. The van der Waals surface area contributed by atoms with E-state index in [0.717, 1.165) is 0 Å². The van der Waals surface area contributed by atoms with Crippen molar-refractivity contribution in [1.82, 2.24) is 19.2 Å². The minimum Gasteiger partial charge on any atom is -0.480 e. The number of carbonyl (C=O) groups excluding carboxylic acids is 2. The normalized spacial score (nSPS) is 11.6. The topological polar surface area (TPSA) is 98.5 Å². The fourth-order valence-electron chi connectivity index (χ4n) is 4.20. The molecule has 2 heterocycles. The summed E-state index contributed by atoms with van der Waals surface area (Å²) in [4.78, 5) is 45.3. The van der Waals surface area contributed by atoms with E-state index in [1.807, 2.05) is 63.2 Å². The fourth-order valence-corrected chi connectivity index (χ4v) is 4.35. The molecule has 0 radical (unpaired) electrons. The van der Waals surface area contributed by atoms with Crippen LogP contribution in [0.1, 0.15) is 49.2 Å². The third-order valence-electron chi connectivity index (χ3n) is 6.10. The van der Waals surface area contributed by atoms with Crippen LogP contribution in [-0.2, 0) is 18.4 Å². The molecule has 37 heavy (non-hydrogen) atoms. The maximum atomic E-state index is 13.4. The van der Waals surface area contributed by atoms with Gasteiger partial charge in [-0.25, -0.2) is 9.67 Å². The third kappa shape index (κ3) is 6.87. The number of halogens is 1. The molecule has 9 nitrogen and oxygen atoms in total. The highest BCUT2D eigenvalue weighted by Crippen LogP contribution is 2.30. The lowest BCUT2D eigenvalue weighted by Gasteiger charge is -2.23. The molecule has 0 aliphatic heterocycles. The van der Waals surface area contributed by atoms with Gasteiger partial charge in [-0.05, 0) is 44.1 Å². The number of hydrogen-bond acceptors (Lipinski definition) is 6. The quantitative estimate of drug-likeness (QED) is 0.373. The molecule has 0 bridgehead atoms. The highest BCUT2D eigenvalue weighted by Gasteiger charge is 2.27. The molecule has 0 aliphatic carbocycles. The Morgan fingerprint density at radius 1 is 1.19 bits per heavy atom. The molecule has 3 aromatic rings. The van der Waals surface area contributed by atoms with E-state index >= 15 is 0 Å². The van der Waals surface area contributed by atoms with Crippen LogP contribution in [0.25, 0.3) is 5.69 Å². The first-order valence-electron chi connectivity index (χ1n) is 12.0. The lowest BCUT2D eigenvalue weighted by Crippen LogP contribution is -2.26. The summed E-state index contributed by atoms with van der Waals surface area (Å²) < 4.78 is 8.50. The molecule has 0 unspecified atom stereocenters. The molecule has 0 fully saturated rings. The highest BCUT2D eigenvalue weighted by atomic mass is 35.5. The first-order chi connectivity index (χ1) is 17.4. The Labute approximate surface area is 222 Å². The van der Waals surface area contributed by atoms with Gasteiger partial charge in [0.25, 0.3) is 5.56 Å². The first kappa shape index (κ1) is 28.1. The average Bonchev–Trinajstić information content (AvgIpc) is 3.06. The maximum Gasteiger partial charge on any atom is 0.295 e. The standard InChI is InChI=1S/C27H34ClN5O4/c1-27(2,13-12-22(34)20-14-18(28)16-29-25(20)37-6)15-23(35)30-24-21(17-31(3)4)32(5)33(26(24)36)19-10-8-7-9-11-19/h7-11,14,16H,12-13,15,17H2,1-6H3,(H,30,35). The molecular formula is C27H34ClN5O4. The van der Waals surface area contributed by atoms with Crippen LogP contribution in [0.3, 0.4) is 0 Å². The molecule has 1 aromatic carbocycles. The van der Waals surface area contributed by atoms with Crippen molar-refractivity contribution in [3.63, 3.8) is 0 Å². The van der Waals surface area contributed by atoms with Crippen molar-refractivity contribution in [2.75, 3.05) is 26.5 Å². The van der Waals surface area contributed by atoms with Gasteiger partial charge in [0, 0.05) is 32.6 Å². The molecule has 2 aromatic heterocycles. The second-order valence-corrected chi connectivity index (χ2v) is 10.5. The van der Waals surface area contributed by atoms with Gasteiger partial charge in [0.15, 0.2) is 5.78 Å². The van der Waals surface area contributed by atoms with Crippen LogP contribution < -0.4 is 15.6 Å². The molecule has 1 N–H and O–H groups in total. The molecule has 0 atom stereocenters. The Morgan fingerprint density at radius 2 is 1.86 bits per heavy atom. The number of Topliss-reactive ketones (excluding diaryl/α,β-unsaturated/α-hetero) is 1. The van der Waals surface area contributed by atoms with Crippen molar-refractivity contribution >= 4 is 29.0 Å². The minimum atomic E-state index is -0.506. The summed E-state index contributed by atoms with van der Waals surface area (Å²) >= 11 is 6.01. The SMILES string of the molecule is COc1ncc(Cl)cc1C(=O)CCC(C)(C)CC(=O)Nc1c(CN(C)C)n(C)n(-c2ccccc2)c1=O. The molecule has 0 saturated carbocycles. The summed E-state index contributed by atoms with van der Waals surface area (Å²) in [5.41, 5.74) is 1.17. The number of pyridine rings is 1. The lowest BCUT2D eigenvalue weighted by molar-refractivity contribution is -0.118. The van der Waals surface area contributed by atoms with Gasteiger partial charge < -0.3 is 15.0 Å². The largest absolute Gasteiger partial charge is 0.480 e. The van der Waals surface area contributed by atoms with Crippen LogP contribution in [0.5, 0.6) is 5.88 Å². The molecule has 3 rings (SSSR count). The minimum absolute atomic E-state index is 0.131. The third-order valence-corrected chi connectivity index (χ3v) is 6.30. The number of anilines is 1. The van der Waals surface area contributed by atoms with E-state index in [9.17, 15) is 14.4 Å². The van der Waals surface area contributed by atoms with E-state index in [1.165, 1.54) is 19.4 Å². The van der Waals surface area contributed by atoms with Crippen molar-refractivity contribution in [2.24, 2.45) is 12.5 Å². The Hall–Kier alpha value is -3.43. The van der Waals surface area contributed by atoms with Crippen LogP contribution in [0.2, 0.25) is 5.02 Å². The van der Waals surface area contributed by atoms with Crippen molar-refractivity contribution in [2.45, 2.75) is 39.7 Å². The van der Waals surface area contributed by atoms with Crippen molar-refractivity contribution < 1.29 is 14.3 Å². The van der Waals surface area contributed by atoms with E-state index in [4.69, 9.17) is 16.3 Å². The van der Waals surface area contributed by atoms with E-state index in [2.05, 4.69) is 10.3 Å². The fraction of sp³-hybridized carbons (Fsp3) is 0.407. The van der Waals surface area contributed by atoms with Crippen LogP contribution >= 0.6 is 11.6 Å². The van der Waals surface area contributed by atoms with Crippen molar-refractivity contribution in [1.29, 1.82) is 0 Å². The number of benzene rings is 1. The zero-order chi connectivity index (χ0) is 27.3. The van der Waals surface area contributed by atoms with Gasteiger partial charge in [0.05, 0.1) is 29.1 Å². The smallest absolute Gasteiger partial charge is 0.295 e. The van der Waals surface area contributed by atoms with Gasteiger partial charge in [-0.15, -0.1) is 0 Å². The summed E-state index contributed by atoms with van der Waals surface area (Å²) in [5, 5.41) is 3.21. The molecule has 198 valence electrons. The number of nitrogens with zero attached hydrogens (tertiary/aromatic N) is 4. The van der Waals surface area contributed by atoms with Crippen LogP contribution in [-0.4, -0.2) is 52.1 Å². The van der Waals surface area contributed by atoms with Crippen LogP contribution in [0, 0.1) is 5.41 Å². The number of ketones is 1. The van der Waals surface area contributed by atoms with E-state index < -0.39 is 5.41 Å². The number of aromatic nitrogens is 3. The summed E-state index contributed by atoms with van der Waals surface area (Å²) in [6, 6.07) is 10.8. The Balaban J connectivity index is 1.76. The molecule has 0 saturated heterocycles. The monoisotopic (exact) mass is 527 g/mol. The maximum absolute atomic E-state index is 13.4. The van der Waals surface area contributed by atoms with Crippen molar-refractivity contribution in [3.05, 3.63) is 69.2 Å². The number of carbonyl (C=O) groups is 2. The van der Waals surface area contributed by atoms with Crippen LogP contribution in [0.4, 0.5) is 5.69 Å². The zero-order valence-electron chi connectivity index (χ0n) is 22.2. The number of ether oxygens (including phenoxy) is 1. The second kappa shape index (κ2) is 11.7. The Bertz CT molecular complexity index is 1330. The van der Waals surface area contributed by atoms with Gasteiger partial charge in [0.2, 0.25) is 11.8 Å². The molecule has 0 spiro atoms. The number of amides is 1. The number of rotatable bonds is 11. The van der Waals surface area contributed by atoms with Gasteiger partial charge >= 0.3 is 0 Å². The predicted molar refractivity (Wildman–Crippen MR) is 145 cm³/mol. The molecule has 1 amide bonds. The lowest BCUT2D eigenvalue weighted by atomic mass is 9.83. The second-order valence-electron chi connectivity index (χ2n) is 10.1. The number of nitrogens with one attached hydrogen (secondary N) is 1. The van der Waals surface area contributed by atoms with E-state index in [0.29, 0.717) is 34.9 Å². The predicted octanol–water partition coefficient (Wildman–Crippen LogP) is 4.31. The number of hydrogen-bond donors (Lipinski definition) is 1. The van der Waals surface area contributed by atoms with Crippen LogP contribution in [0.15, 0.2) is 47.4 Å². The number of methoxy groups -OCH3 is 1. The van der Waals surface area contributed by atoms with Gasteiger partial charge in [0.1, 0.15) is 5.69 Å². The van der Waals surface area contributed by atoms with E-state index in [-0.39, 0.29) is 41.7 Å². The zero-order valence-corrected chi connectivity index (χ0v) is 22.9. The summed E-state index contributed by atoms with van der Waals surface area (Å²) in [6.07, 6.45) is 2.19. The summed E-state index contributed by atoms with van der Waals surface area (Å²) in [5.74, 6) is -0.234. The Morgan fingerprint density at radius 3 is 2.49 bits per heavy atom. The molecule has 0 aliphatic rings. The van der Waals surface area contributed by atoms with E-state index in [1.54, 1.807) is 16.4 Å². The molecular weight excluding hydrogens is 494 g/mol. The van der Waals surface area contributed by atoms with Gasteiger partial charge in [-0.2, -0.15) is 0 Å². The summed E-state index contributed by atoms with van der Waals surface area (Å²) in [6.45, 7) is 4.30. The summed E-state index contributed by atoms with van der Waals surface area (Å²) in [7, 11) is 7.06. The number of para-hydroxylation sites is 1. The van der Waals surface area contributed by atoms with Gasteiger partial charge in [-0.3, -0.25) is 19.1 Å². The first-order valence-corrected chi connectivity index (χ1v) is 12.3. The Kier molecular flexibility index (Phi) is 8.94. The average molecular weight is 528 g/mol. The van der Waals surface area contributed by atoms with Gasteiger partial charge in [-0.1, -0.05) is 43.6 Å². The molecule has 10 heteroatoms.